The zero-order valence-electron chi connectivity index (χ0n) is 10.2. The van der Waals surface area contributed by atoms with Gasteiger partial charge in [0, 0.05) is 0 Å². The van der Waals surface area contributed by atoms with E-state index < -0.39 is 11.6 Å². The maximum atomic E-state index is 11.3. The predicted octanol–water partition coefficient (Wildman–Crippen LogP) is 2.46. The molecule has 4 nitrogen and oxygen atoms in total. The Balaban J connectivity index is 2.21. The lowest BCUT2D eigenvalue weighted by atomic mass is 9.77. The molecule has 1 aromatic rings. The van der Waals surface area contributed by atoms with E-state index in [1.807, 2.05) is 0 Å². The van der Waals surface area contributed by atoms with Gasteiger partial charge in [0.1, 0.15) is 11.4 Å². The van der Waals surface area contributed by atoms with Gasteiger partial charge in [-0.1, -0.05) is 13.3 Å². The van der Waals surface area contributed by atoms with E-state index in [2.05, 4.69) is 11.7 Å². The van der Waals surface area contributed by atoms with Crippen LogP contribution in [0.25, 0.3) is 0 Å². The summed E-state index contributed by atoms with van der Waals surface area (Å²) in [5, 5.41) is 10.5. The van der Waals surface area contributed by atoms with Crippen LogP contribution in [-0.2, 0) is 10.3 Å². The molecule has 2 rings (SSSR count). The van der Waals surface area contributed by atoms with E-state index >= 15 is 0 Å². The van der Waals surface area contributed by atoms with Crippen LogP contribution in [0.5, 0.6) is 0 Å². The Kier molecular flexibility index (Phi) is 3.24. The molecule has 0 radical (unpaired) electrons. The molecule has 0 saturated heterocycles. The lowest BCUT2D eigenvalue weighted by molar-refractivity contribution is -0.0364. The van der Waals surface area contributed by atoms with E-state index in [1.54, 1.807) is 12.1 Å². The number of methoxy groups -OCH3 is 1. The molecular formula is C13H18O4. The molecule has 0 aromatic carbocycles. The summed E-state index contributed by atoms with van der Waals surface area (Å²) in [4.78, 5) is 11.3. The van der Waals surface area contributed by atoms with Crippen LogP contribution in [0.2, 0.25) is 0 Å². The Morgan fingerprint density at radius 2 is 2.35 bits per heavy atom. The van der Waals surface area contributed by atoms with Crippen molar-refractivity contribution in [3.05, 3.63) is 23.7 Å². The summed E-state index contributed by atoms with van der Waals surface area (Å²) in [7, 11) is 1.31. The minimum absolute atomic E-state index is 0.147. The van der Waals surface area contributed by atoms with Crippen molar-refractivity contribution in [1.82, 2.24) is 0 Å². The van der Waals surface area contributed by atoms with E-state index in [-0.39, 0.29) is 5.76 Å². The standard InChI is InChI=1S/C13H18O4/c1-9-4-3-7-13(15,8-9)11-6-5-10(17-11)12(14)16-2/h5-6,9,15H,3-4,7-8H2,1-2H3. The van der Waals surface area contributed by atoms with E-state index in [0.717, 1.165) is 12.8 Å². The third-order valence-corrected chi connectivity index (χ3v) is 3.42. The summed E-state index contributed by atoms with van der Waals surface area (Å²) in [6, 6.07) is 3.22. The van der Waals surface area contributed by atoms with Gasteiger partial charge in [-0.15, -0.1) is 0 Å². The van der Waals surface area contributed by atoms with Crippen LogP contribution in [0.3, 0.4) is 0 Å². The van der Waals surface area contributed by atoms with E-state index in [4.69, 9.17) is 4.42 Å². The van der Waals surface area contributed by atoms with Crippen molar-refractivity contribution >= 4 is 5.97 Å². The van der Waals surface area contributed by atoms with Gasteiger partial charge in [0.15, 0.2) is 0 Å². The van der Waals surface area contributed by atoms with Crippen molar-refractivity contribution in [2.75, 3.05) is 7.11 Å². The number of carbonyl (C=O) groups excluding carboxylic acids is 1. The smallest absolute Gasteiger partial charge is 0.373 e. The molecule has 94 valence electrons. The van der Waals surface area contributed by atoms with Gasteiger partial charge in [0.2, 0.25) is 5.76 Å². The van der Waals surface area contributed by atoms with Crippen molar-refractivity contribution in [3.63, 3.8) is 0 Å². The van der Waals surface area contributed by atoms with E-state index in [1.165, 1.54) is 7.11 Å². The third-order valence-electron chi connectivity index (χ3n) is 3.42. The first-order valence-corrected chi connectivity index (χ1v) is 5.96. The highest BCUT2D eigenvalue weighted by molar-refractivity contribution is 5.86. The van der Waals surface area contributed by atoms with Gasteiger partial charge in [-0.25, -0.2) is 4.79 Å². The molecule has 1 fully saturated rings. The Hall–Kier alpha value is -1.29. The number of aliphatic hydroxyl groups is 1. The van der Waals surface area contributed by atoms with Crippen molar-refractivity contribution in [2.24, 2.45) is 5.92 Å². The molecule has 1 aliphatic carbocycles. The van der Waals surface area contributed by atoms with Gasteiger partial charge in [-0.3, -0.25) is 0 Å². The number of hydrogen-bond acceptors (Lipinski definition) is 4. The number of ether oxygens (including phenoxy) is 1. The zero-order chi connectivity index (χ0) is 12.5. The topological polar surface area (TPSA) is 59.7 Å². The summed E-state index contributed by atoms with van der Waals surface area (Å²) >= 11 is 0. The molecule has 2 unspecified atom stereocenters. The molecule has 0 bridgehead atoms. The van der Waals surface area contributed by atoms with Gasteiger partial charge in [0.05, 0.1) is 7.11 Å². The van der Waals surface area contributed by atoms with Crippen LogP contribution in [0.1, 0.15) is 48.9 Å². The number of carbonyl (C=O) groups is 1. The zero-order valence-corrected chi connectivity index (χ0v) is 10.2. The molecular weight excluding hydrogens is 220 g/mol. The summed E-state index contributed by atoms with van der Waals surface area (Å²) in [6.45, 7) is 2.12. The SMILES string of the molecule is COC(=O)c1ccc(C2(O)CCCC(C)C2)o1. The van der Waals surface area contributed by atoms with Crippen molar-refractivity contribution in [2.45, 2.75) is 38.2 Å². The third kappa shape index (κ3) is 2.36. The van der Waals surface area contributed by atoms with Crippen LogP contribution in [0.4, 0.5) is 0 Å². The molecule has 0 spiro atoms. The normalized spacial score (nSPS) is 29.0. The largest absolute Gasteiger partial charge is 0.463 e. The average Bonchev–Trinajstić information content (AvgIpc) is 2.77. The summed E-state index contributed by atoms with van der Waals surface area (Å²) < 4.78 is 9.98. The molecule has 17 heavy (non-hydrogen) atoms. The fraction of sp³-hybridized carbons (Fsp3) is 0.615. The maximum absolute atomic E-state index is 11.3. The Morgan fingerprint density at radius 1 is 1.59 bits per heavy atom. The van der Waals surface area contributed by atoms with Crippen molar-refractivity contribution in [3.8, 4) is 0 Å². The van der Waals surface area contributed by atoms with E-state index in [9.17, 15) is 9.90 Å². The highest BCUT2D eigenvalue weighted by Gasteiger charge is 2.37. The second-order valence-electron chi connectivity index (χ2n) is 4.89. The molecule has 2 atom stereocenters. The Labute approximate surface area is 101 Å². The minimum atomic E-state index is -0.927. The molecule has 4 heteroatoms. The van der Waals surface area contributed by atoms with Gasteiger partial charge in [0.25, 0.3) is 0 Å². The summed E-state index contributed by atoms with van der Waals surface area (Å²) in [5.74, 6) is 0.586. The van der Waals surface area contributed by atoms with Crippen molar-refractivity contribution < 1.29 is 19.1 Å². The fourth-order valence-electron chi connectivity index (χ4n) is 2.55. The molecule has 0 amide bonds. The Morgan fingerprint density at radius 3 is 3.00 bits per heavy atom. The van der Waals surface area contributed by atoms with Gasteiger partial charge >= 0.3 is 5.97 Å². The minimum Gasteiger partial charge on any atom is -0.463 e. The van der Waals surface area contributed by atoms with Crippen LogP contribution in [0.15, 0.2) is 16.5 Å². The summed E-state index contributed by atoms with van der Waals surface area (Å²) in [6.07, 6.45) is 3.48. The van der Waals surface area contributed by atoms with Crippen LogP contribution >= 0.6 is 0 Å². The fourth-order valence-corrected chi connectivity index (χ4v) is 2.55. The van der Waals surface area contributed by atoms with Gasteiger partial charge < -0.3 is 14.3 Å². The molecule has 1 heterocycles. The monoisotopic (exact) mass is 238 g/mol. The quantitative estimate of drug-likeness (QED) is 0.804. The number of rotatable bonds is 2. The van der Waals surface area contributed by atoms with Crippen LogP contribution < -0.4 is 0 Å². The van der Waals surface area contributed by atoms with Gasteiger partial charge in [-0.05, 0) is 37.3 Å². The number of furan rings is 1. The maximum Gasteiger partial charge on any atom is 0.373 e. The first-order valence-electron chi connectivity index (χ1n) is 5.96. The van der Waals surface area contributed by atoms with Crippen LogP contribution in [0, 0.1) is 5.92 Å². The second-order valence-corrected chi connectivity index (χ2v) is 4.89. The van der Waals surface area contributed by atoms with Crippen molar-refractivity contribution in [1.29, 1.82) is 0 Å². The summed E-state index contributed by atoms with van der Waals surface area (Å²) in [5.41, 5.74) is -0.927. The highest BCUT2D eigenvalue weighted by atomic mass is 16.5. The predicted molar refractivity (Wildman–Crippen MR) is 61.6 cm³/mol. The Bertz CT molecular complexity index is 409. The highest BCUT2D eigenvalue weighted by Crippen LogP contribution is 2.40. The second kappa shape index (κ2) is 4.53. The first-order chi connectivity index (χ1) is 8.05. The molecule has 1 aliphatic rings. The molecule has 1 N–H and O–H groups in total. The first kappa shape index (κ1) is 12.2. The molecule has 0 aliphatic heterocycles. The number of hydrogen-bond donors (Lipinski definition) is 1. The lowest BCUT2D eigenvalue weighted by Gasteiger charge is -2.33. The molecule has 1 saturated carbocycles. The number of esters is 1. The van der Waals surface area contributed by atoms with E-state index in [0.29, 0.717) is 24.5 Å². The average molecular weight is 238 g/mol. The lowest BCUT2D eigenvalue weighted by Crippen LogP contribution is -2.31. The molecule has 1 aromatic heterocycles. The van der Waals surface area contributed by atoms with Crippen LogP contribution in [-0.4, -0.2) is 18.2 Å². The van der Waals surface area contributed by atoms with Gasteiger partial charge in [-0.2, -0.15) is 0 Å².